The first-order valence-corrected chi connectivity index (χ1v) is 8.13. The van der Waals surface area contributed by atoms with Crippen molar-refractivity contribution in [3.05, 3.63) is 12.7 Å². The molecular formula is C17H33NO. The van der Waals surface area contributed by atoms with Gasteiger partial charge in [0, 0.05) is 13.2 Å². The van der Waals surface area contributed by atoms with Gasteiger partial charge in [-0.05, 0) is 58.0 Å². The van der Waals surface area contributed by atoms with Crippen molar-refractivity contribution in [3.63, 3.8) is 0 Å². The minimum Gasteiger partial charge on any atom is -0.378 e. The number of nitrogens with zero attached hydrogens (tertiary/aromatic N) is 1. The van der Waals surface area contributed by atoms with Crippen molar-refractivity contribution in [1.29, 1.82) is 0 Å². The van der Waals surface area contributed by atoms with E-state index in [1.165, 1.54) is 57.9 Å². The van der Waals surface area contributed by atoms with Gasteiger partial charge in [-0.3, -0.25) is 0 Å². The summed E-state index contributed by atoms with van der Waals surface area (Å²) in [4.78, 5) is 2.33. The van der Waals surface area contributed by atoms with E-state index < -0.39 is 0 Å². The average Bonchev–Trinajstić information content (AvgIpc) is 2.40. The molecule has 112 valence electrons. The van der Waals surface area contributed by atoms with Crippen LogP contribution in [0.4, 0.5) is 0 Å². The van der Waals surface area contributed by atoms with Gasteiger partial charge in [-0.2, -0.15) is 0 Å². The maximum absolute atomic E-state index is 5.97. The molecule has 0 bridgehead atoms. The molecule has 0 unspecified atom stereocenters. The van der Waals surface area contributed by atoms with Gasteiger partial charge in [0.05, 0.1) is 6.10 Å². The van der Waals surface area contributed by atoms with Crippen LogP contribution >= 0.6 is 0 Å². The second kappa shape index (κ2) is 10.4. The van der Waals surface area contributed by atoms with E-state index in [0.717, 1.165) is 19.1 Å². The van der Waals surface area contributed by atoms with Crippen LogP contribution in [0.25, 0.3) is 0 Å². The molecule has 19 heavy (non-hydrogen) atoms. The normalized spacial score (nSPS) is 23.7. The lowest BCUT2D eigenvalue weighted by Crippen LogP contribution is -2.21. The van der Waals surface area contributed by atoms with Crippen LogP contribution in [0, 0.1) is 5.92 Å². The number of hydrogen-bond donors (Lipinski definition) is 0. The summed E-state index contributed by atoms with van der Waals surface area (Å²) in [6.45, 7) is 9.29. The van der Waals surface area contributed by atoms with Gasteiger partial charge in [0.2, 0.25) is 0 Å². The number of ether oxygens (including phenoxy) is 1. The summed E-state index contributed by atoms with van der Waals surface area (Å²) in [7, 11) is 2.16. The summed E-state index contributed by atoms with van der Waals surface area (Å²) in [5.74, 6) is 0.924. The van der Waals surface area contributed by atoms with E-state index in [4.69, 9.17) is 4.74 Å². The first-order valence-electron chi connectivity index (χ1n) is 8.13. The number of hydrogen-bond acceptors (Lipinski definition) is 2. The van der Waals surface area contributed by atoms with Gasteiger partial charge in [0.15, 0.2) is 0 Å². The maximum atomic E-state index is 5.97. The zero-order chi connectivity index (χ0) is 13.9. The largest absolute Gasteiger partial charge is 0.378 e. The van der Waals surface area contributed by atoms with E-state index in [2.05, 4.69) is 25.5 Å². The minimum atomic E-state index is 0.565. The third-order valence-electron chi connectivity index (χ3n) is 4.19. The molecule has 0 radical (unpaired) electrons. The Kier molecular flexibility index (Phi) is 9.19. The van der Waals surface area contributed by atoms with Gasteiger partial charge in [-0.15, -0.1) is 6.58 Å². The lowest BCUT2D eigenvalue weighted by molar-refractivity contribution is 0.0178. The summed E-state index contributed by atoms with van der Waals surface area (Å²) in [5.41, 5.74) is 0. The Hall–Kier alpha value is -0.340. The Morgan fingerprint density at radius 2 is 1.79 bits per heavy atom. The zero-order valence-electron chi connectivity index (χ0n) is 13.1. The van der Waals surface area contributed by atoms with Crippen molar-refractivity contribution in [2.24, 2.45) is 5.92 Å². The van der Waals surface area contributed by atoms with Crippen LogP contribution in [-0.4, -0.2) is 37.7 Å². The van der Waals surface area contributed by atoms with Gasteiger partial charge in [-0.25, -0.2) is 0 Å². The first kappa shape index (κ1) is 16.7. The van der Waals surface area contributed by atoms with Crippen LogP contribution < -0.4 is 0 Å². The predicted octanol–water partition coefficient (Wildman–Crippen LogP) is 4.26. The van der Waals surface area contributed by atoms with Crippen LogP contribution in [0.1, 0.15) is 58.3 Å². The van der Waals surface area contributed by atoms with Gasteiger partial charge in [0.1, 0.15) is 0 Å². The molecule has 0 aliphatic heterocycles. The SMILES string of the molecule is C=CCN(C)CCCCCCOC1CCC(C)CC1. The standard InChI is InChI=1S/C17H33NO/c1-4-13-18(3)14-7-5-6-8-15-19-17-11-9-16(2)10-12-17/h4,16-17H,1,5-15H2,2-3H3. The molecule has 1 rings (SSSR count). The maximum Gasteiger partial charge on any atom is 0.0575 e. The van der Waals surface area contributed by atoms with Crippen LogP contribution in [0.15, 0.2) is 12.7 Å². The fourth-order valence-electron chi connectivity index (χ4n) is 2.80. The van der Waals surface area contributed by atoms with Crippen LogP contribution in [0.2, 0.25) is 0 Å². The topological polar surface area (TPSA) is 12.5 Å². The van der Waals surface area contributed by atoms with Crippen molar-refractivity contribution in [3.8, 4) is 0 Å². The summed E-state index contributed by atoms with van der Waals surface area (Å²) < 4.78 is 5.97. The van der Waals surface area contributed by atoms with E-state index in [-0.39, 0.29) is 0 Å². The Bertz CT molecular complexity index is 221. The third kappa shape index (κ3) is 8.43. The Morgan fingerprint density at radius 1 is 1.11 bits per heavy atom. The molecule has 2 nitrogen and oxygen atoms in total. The van der Waals surface area contributed by atoms with E-state index in [1.807, 2.05) is 6.08 Å². The van der Waals surface area contributed by atoms with Crippen molar-refractivity contribution in [1.82, 2.24) is 4.90 Å². The Labute approximate surface area is 120 Å². The lowest BCUT2D eigenvalue weighted by atomic mass is 9.89. The minimum absolute atomic E-state index is 0.565. The molecule has 1 aliphatic carbocycles. The second-order valence-corrected chi connectivity index (χ2v) is 6.22. The lowest BCUT2D eigenvalue weighted by Gasteiger charge is -2.26. The highest BCUT2D eigenvalue weighted by molar-refractivity contribution is 4.71. The van der Waals surface area contributed by atoms with Crippen molar-refractivity contribution in [2.45, 2.75) is 64.4 Å². The molecular weight excluding hydrogens is 234 g/mol. The van der Waals surface area contributed by atoms with Crippen molar-refractivity contribution in [2.75, 3.05) is 26.7 Å². The van der Waals surface area contributed by atoms with Gasteiger partial charge < -0.3 is 9.64 Å². The molecule has 1 fully saturated rings. The van der Waals surface area contributed by atoms with Crippen LogP contribution in [-0.2, 0) is 4.74 Å². The van der Waals surface area contributed by atoms with Crippen molar-refractivity contribution < 1.29 is 4.74 Å². The average molecular weight is 267 g/mol. The summed E-state index contributed by atoms with van der Waals surface area (Å²) in [6, 6.07) is 0. The Balaban J connectivity index is 1.84. The molecule has 0 aromatic heterocycles. The highest BCUT2D eigenvalue weighted by atomic mass is 16.5. The van der Waals surface area contributed by atoms with E-state index in [9.17, 15) is 0 Å². The fourth-order valence-corrected chi connectivity index (χ4v) is 2.80. The van der Waals surface area contributed by atoms with Crippen molar-refractivity contribution >= 4 is 0 Å². The monoisotopic (exact) mass is 267 g/mol. The van der Waals surface area contributed by atoms with Crippen LogP contribution in [0.5, 0.6) is 0 Å². The molecule has 0 aromatic rings. The molecule has 0 saturated heterocycles. The van der Waals surface area contributed by atoms with Gasteiger partial charge in [-0.1, -0.05) is 25.8 Å². The molecule has 0 spiro atoms. The summed E-state index contributed by atoms with van der Waals surface area (Å²) in [5, 5.41) is 0. The molecule has 2 heteroatoms. The first-order chi connectivity index (χ1) is 9.22. The van der Waals surface area contributed by atoms with E-state index in [1.54, 1.807) is 0 Å². The highest BCUT2D eigenvalue weighted by Gasteiger charge is 2.17. The summed E-state index contributed by atoms with van der Waals surface area (Å²) in [6.07, 6.45) is 13.0. The zero-order valence-corrected chi connectivity index (χ0v) is 13.1. The van der Waals surface area contributed by atoms with Crippen LogP contribution in [0.3, 0.4) is 0 Å². The summed E-state index contributed by atoms with van der Waals surface area (Å²) >= 11 is 0. The number of unbranched alkanes of at least 4 members (excludes halogenated alkanes) is 3. The molecule has 0 atom stereocenters. The quantitative estimate of drug-likeness (QED) is 0.433. The number of rotatable bonds is 10. The molecule has 1 saturated carbocycles. The third-order valence-corrected chi connectivity index (χ3v) is 4.19. The fraction of sp³-hybridized carbons (Fsp3) is 0.882. The molecule has 0 N–H and O–H groups in total. The predicted molar refractivity (Wildman–Crippen MR) is 83.5 cm³/mol. The van der Waals surface area contributed by atoms with Gasteiger partial charge in [0.25, 0.3) is 0 Å². The van der Waals surface area contributed by atoms with E-state index >= 15 is 0 Å². The van der Waals surface area contributed by atoms with E-state index in [0.29, 0.717) is 6.10 Å². The molecule has 0 amide bonds. The Morgan fingerprint density at radius 3 is 2.47 bits per heavy atom. The highest BCUT2D eigenvalue weighted by Crippen LogP contribution is 2.25. The number of likely N-dealkylation sites (N-methyl/N-ethyl adjacent to an activating group) is 1. The molecule has 0 aromatic carbocycles. The second-order valence-electron chi connectivity index (χ2n) is 6.22. The smallest absolute Gasteiger partial charge is 0.0575 e. The van der Waals surface area contributed by atoms with Gasteiger partial charge >= 0.3 is 0 Å². The molecule has 0 heterocycles. The molecule has 1 aliphatic rings.